The molecule has 3 rings (SSSR count). The van der Waals surface area contributed by atoms with E-state index in [0.29, 0.717) is 5.76 Å². The summed E-state index contributed by atoms with van der Waals surface area (Å²) in [4.78, 5) is 11.2. The molecular weight excluding hydrogens is 236 g/mol. The molecule has 1 aromatic heterocycles. The van der Waals surface area contributed by atoms with Gasteiger partial charge in [-0.2, -0.15) is 0 Å². The number of carbonyl (C=O) groups is 1. The largest absolute Gasteiger partial charge is 0.460 e. The second kappa shape index (κ2) is 4.94. The lowest BCUT2D eigenvalue weighted by molar-refractivity contribution is 0.110. The molecule has 0 amide bonds. The van der Waals surface area contributed by atoms with Crippen LogP contribution in [0.25, 0.3) is 22.3 Å². The Hall–Kier alpha value is -2.61. The van der Waals surface area contributed by atoms with Crippen LogP contribution in [0.4, 0.5) is 0 Å². The van der Waals surface area contributed by atoms with Crippen LogP contribution >= 0.6 is 0 Å². The molecule has 1 heterocycles. The van der Waals surface area contributed by atoms with Gasteiger partial charge < -0.3 is 4.42 Å². The van der Waals surface area contributed by atoms with E-state index in [2.05, 4.69) is 0 Å². The van der Waals surface area contributed by atoms with Crippen LogP contribution in [0.5, 0.6) is 0 Å². The Bertz CT molecular complexity index is 682. The molecular formula is C17H12O2. The lowest BCUT2D eigenvalue weighted by atomic mass is 9.97. The molecule has 0 aliphatic rings. The SMILES string of the molecule is O=Cc1occ(-c2ccccc2)c1-c1ccccc1. The van der Waals surface area contributed by atoms with Gasteiger partial charge in [-0.15, -0.1) is 0 Å². The third-order valence-corrected chi connectivity index (χ3v) is 3.07. The van der Waals surface area contributed by atoms with E-state index in [4.69, 9.17) is 4.42 Å². The molecule has 0 N–H and O–H groups in total. The van der Waals surface area contributed by atoms with Crippen molar-refractivity contribution in [1.29, 1.82) is 0 Å². The fraction of sp³-hybridized carbons (Fsp3) is 0. The molecule has 0 bridgehead atoms. The van der Waals surface area contributed by atoms with Gasteiger partial charge in [-0.05, 0) is 11.1 Å². The van der Waals surface area contributed by atoms with Gasteiger partial charge in [0.2, 0.25) is 0 Å². The van der Waals surface area contributed by atoms with Crippen molar-refractivity contribution in [3.05, 3.63) is 72.7 Å². The molecule has 92 valence electrons. The van der Waals surface area contributed by atoms with Crippen molar-refractivity contribution in [3.63, 3.8) is 0 Å². The van der Waals surface area contributed by atoms with Crippen LogP contribution in [0.3, 0.4) is 0 Å². The summed E-state index contributed by atoms with van der Waals surface area (Å²) < 4.78 is 5.39. The number of benzene rings is 2. The smallest absolute Gasteiger partial charge is 0.185 e. The quantitative estimate of drug-likeness (QED) is 0.642. The minimum Gasteiger partial charge on any atom is -0.460 e. The van der Waals surface area contributed by atoms with E-state index in [9.17, 15) is 4.79 Å². The van der Waals surface area contributed by atoms with E-state index in [-0.39, 0.29) is 0 Å². The fourth-order valence-electron chi connectivity index (χ4n) is 2.19. The summed E-state index contributed by atoms with van der Waals surface area (Å²) in [5, 5.41) is 0. The molecule has 3 aromatic rings. The van der Waals surface area contributed by atoms with Gasteiger partial charge in [-0.1, -0.05) is 60.7 Å². The molecule has 2 heteroatoms. The second-order valence-corrected chi connectivity index (χ2v) is 4.24. The van der Waals surface area contributed by atoms with Crippen LogP contribution in [-0.2, 0) is 0 Å². The van der Waals surface area contributed by atoms with Gasteiger partial charge in [0.15, 0.2) is 12.0 Å². The predicted molar refractivity (Wildman–Crippen MR) is 75.0 cm³/mol. The first-order chi connectivity index (χ1) is 9.40. The number of carbonyl (C=O) groups excluding carboxylic acids is 1. The lowest BCUT2D eigenvalue weighted by Gasteiger charge is -2.04. The summed E-state index contributed by atoms with van der Waals surface area (Å²) in [6, 6.07) is 19.7. The molecule has 0 unspecified atom stereocenters. The van der Waals surface area contributed by atoms with Gasteiger partial charge in [0.1, 0.15) is 0 Å². The van der Waals surface area contributed by atoms with E-state index in [1.54, 1.807) is 6.26 Å². The maximum absolute atomic E-state index is 11.2. The first-order valence-corrected chi connectivity index (χ1v) is 6.07. The molecule has 0 aliphatic heterocycles. The molecule has 0 aliphatic carbocycles. The number of hydrogen-bond donors (Lipinski definition) is 0. The lowest BCUT2D eigenvalue weighted by Crippen LogP contribution is -1.84. The van der Waals surface area contributed by atoms with Crippen LogP contribution in [0, 0.1) is 0 Å². The average Bonchev–Trinajstić information content (AvgIpc) is 2.93. The zero-order valence-electron chi connectivity index (χ0n) is 10.2. The van der Waals surface area contributed by atoms with Crippen LogP contribution in [0.2, 0.25) is 0 Å². The van der Waals surface area contributed by atoms with Crippen molar-refractivity contribution in [2.75, 3.05) is 0 Å². The van der Waals surface area contributed by atoms with Gasteiger partial charge in [0.05, 0.1) is 6.26 Å². The molecule has 0 fully saturated rings. The maximum atomic E-state index is 11.2. The molecule has 0 atom stereocenters. The molecule has 0 saturated heterocycles. The first-order valence-electron chi connectivity index (χ1n) is 6.07. The van der Waals surface area contributed by atoms with Crippen molar-refractivity contribution in [2.24, 2.45) is 0 Å². The van der Waals surface area contributed by atoms with Gasteiger partial charge >= 0.3 is 0 Å². The number of aldehydes is 1. The molecule has 0 radical (unpaired) electrons. The molecule has 19 heavy (non-hydrogen) atoms. The zero-order chi connectivity index (χ0) is 13.1. The van der Waals surface area contributed by atoms with E-state index >= 15 is 0 Å². The Labute approximate surface area is 111 Å². The average molecular weight is 248 g/mol. The molecule has 0 saturated carbocycles. The minimum absolute atomic E-state index is 0.366. The Balaban J connectivity index is 2.23. The highest BCUT2D eigenvalue weighted by atomic mass is 16.3. The zero-order valence-corrected chi connectivity index (χ0v) is 10.2. The van der Waals surface area contributed by atoms with Gasteiger partial charge in [0, 0.05) is 11.1 Å². The Morgan fingerprint density at radius 1 is 0.789 bits per heavy atom. The van der Waals surface area contributed by atoms with E-state index in [1.807, 2.05) is 60.7 Å². The van der Waals surface area contributed by atoms with Gasteiger partial charge in [-0.25, -0.2) is 0 Å². The monoisotopic (exact) mass is 248 g/mol. The highest BCUT2D eigenvalue weighted by molar-refractivity contribution is 5.93. The standard InChI is InChI=1S/C17H12O2/c18-11-16-17(14-9-5-2-6-10-14)15(12-19-16)13-7-3-1-4-8-13/h1-12H. The van der Waals surface area contributed by atoms with Crippen LogP contribution in [-0.4, -0.2) is 6.29 Å². The van der Waals surface area contributed by atoms with E-state index < -0.39 is 0 Å². The van der Waals surface area contributed by atoms with Gasteiger partial charge in [-0.3, -0.25) is 4.79 Å². The summed E-state index contributed by atoms with van der Waals surface area (Å²) in [6.07, 6.45) is 2.40. The van der Waals surface area contributed by atoms with Crippen molar-refractivity contribution < 1.29 is 9.21 Å². The van der Waals surface area contributed by atoms with Crippen LogP contribution < -0.4 is 0 Å². The normalized spacial score (nSPS) is 10.3. The van der Waals surface area contributed by atoms with Crippen molar-refractivity contribution in [2.45, 2.75) is 0 Å². The maximum Gasteiger partial charge on any atom is 0.185 e. The number of furan rings is 1. The van der Waals surface area contributed by atoms with E-state index in [0.717, 1.165) is 28.5 Å². The van der Waals surface area contributed by atoms with Crippen LogP contribution in [0.1, 0.15) is 10.6 Å². The fourth-order valence-corrected chi connectivity index (χ4v) is 2.19. The van der Waals surface area contributed by atoms with Crippen molar-refractivity contribution >= 4 is 6.29 Å². The number of hydrogen-bond acceptors (Lipinski definition) is 2. The summed E-state index contributed by atoms with van der Waals surface area (Å²) in [5.41, 5.74) is 3.81. The number of rotatable bonds is 3. The summed E-state index contributed by atoms with van der Waals surface area (Å²) in [5.74, 6) is 0.366. The van der Waals surface area contributed by atoms with Crippen LogP contribution in [0.15, 0.2) is 71.3 Å². The highest BCUT2D eigenvalue weighted by Crippen LogP contribution is 2.35. The first kappa shape index (κ1) is 11.5. The Morgan fingerprint density at radius 3 is 1.95 bits per heavy atom. The van der Waals surface area contributed by atoms with Gasteiger partial charge in [0.25, 0.3) is 0 Å². The minimum atomic E-state index is 0.366. The third kappa shape index (κ3) is 2.08. The molecule has 2 aromatic carbocycles. The Kier molecular flexibility index (Phi) is 2.99. The highest BCUT2D eigenvalue weighted by Gasteiger charge is 2.15. The van der Waals surface area contributed by atoms with Crippen molar-refractivity contribution in [3.8, 4) is 22.3 Å². The van der Waals surface area contributed by atoms with Crippen molar-refractivity contribution in [1.82, 2.24) is 0 Å². The second-order valence-electron chi connectivity index (χ2n) is 4.24. The summed E-state index contributed by atoms with van der Waals surface area (Å²) in [7, 11) is 0. The summed E-state index contributed by atoms with van der Waals surface area (Å²) in [6.45, 7) is 0. The predicted octanol–water partition coefficient (Wildman–Crippen LogP) is 4.43. The van der Waals surface area contributed by atoms with E-state index in [1.165, 1.54) is 0 Å². The summed E-state index contributed by atoms with van der Waals surface area (Å²) >= 11 is 0. The third-order valence-electron chi connectivity index (χ3n) is 3.07. The molecule has 2 nitrogen and oxygen atoms in total. The Morgan fingerprint density at radius 2 is 1.37 bits per heavy atom. The molecule has 0 spiro atoms. The topological polar surface area (TPSA) is 30.2 Å².